The summed E-state index contributed by atoms with van der Waals surface area (Å²) in [5.41, 5.74) is 15.5. The predicted molar refractivity (Wildman–Crippen MR) is 279 cm³/mol. The van der Waals surface area contributed by atoms with Gasteiger partial charge in [-0.1, -0.05) is 170 Å². The van der Waals surface area contributed by atoms with E-state index in [9.17, 15) is 0 Å². The zero-order valence-electron chi connectivity index (χ0n) is 37.2. The van der Waals surface area contributed by atoms with Gasteiger partial charge < -0.3 is 13.7 Å². The number of hydrogen-bond acceptors (Lipinski definition) is 5. The Labute approximate surface area is 397 Å². The largest absolute Gasteiger partial charge is 0.484 e. The molecular weight excluding hydrogens is 845 g/mol. The number of aromatic nitrogens is 4. The first-order valence-electron chi connectivity index (χ1n) is 23.4. The topological polar surface area (TPSA) is 66.0 Å². The van der Waals surface area contributed by atoms with E-state index < -0.39 is 0 Å². The maximum Gasteiger partial charge on any atom is 0.163 e. The van der Waals surface area contributed by atoms with Gasteiger partial charge in [0.15, 0.2) is 11.6 Å². The van der Waals surface area contributed by atoms with Gasteiger partial charge in [0.2, 0.25) is 0 Å². The number of allylic oxidation sites excluding steroid dienone is 2. The highest BCUT2D eigenvalue weighted by molar-refractivity contribution is 6.12. The predicted octanol–water partition coefficient (Wildman–Crippen LogP) is 15.7. The van der Waals surface area contributed by atoms with Crippen LogP contribution >= 0.6 is 0 Å². The molecular formula is C63H40N4O2. The summed E-state index contributed by atoms with van der Waals surface area (Å²) in [6.07, 6.45) is 6.13. The molecule has 4 heterocycles. The molecule has 324 valence electrons. The van der Waals surface area contributed by atoms with Crippen molar-refractivity contribution < 1.29 is 9.15 Å². The molecule has 69 heavy (non-hydrogen) atoms. The number of furan rings is 1. The molecule has 2 atom stereocenters. The first kappa shape index (κ1) is 39.1. The number of para-hydroxylation sites is 3. The van der Waals surface area contributed by atoms with Crippen LogP contribution in [0.2, 0.25) is 0 Å². The second-order valence-corrected chi connectivity index (χ2v) is 17.8. The zero-order chi connectivity index (χ0) is 45.4. The Morgan fingerprint density at radius 1 is 0.406 bits per heavy atom. The number of fused-ring (bicyclic) bond motifs is 9. The smallest absolute Gasteiger partial charge is 0.163 e. The minimum absolute atomic E-state index is 0.281. The van der Waals surface area contributed by atoms with E-state index in [0.29, 0.717) is 17.5 Å². The lowest BCUT2D eigenvalue weighted by Crippen LogP contribution is -2.25. The molecule has 3 aromatic heterocycles. The van der Waals surface area contributed by atoms with Crippen LogP contribution in [-0.2, 0) is 0 Å². The summed E-state index contributed by atoms with van der Waals surface area (Å²) in [5.74, 6) is 2.37. The molecule has 0 N–H and O–H groups in total. The minimum atomic E-state index is -0.296. The van der Waals surface area contributed by atoms with E-state index in [-0.39, 0.29) is 12.0 Å². The fourth-order valence-corrected chi connectivity index (χ4v) is 10.6. The van der Waals surface area contributed by atoms with E-state index in [1.807, 2.05) is 36.4 Å². The number of hydrogen-bond donors (Lipinski definition) is 0. The van der Waals surface area contributed by atoms with Gasteiger partial charge in [0, 0.05) is 54.9 Å². The van der Waals surface area contributed by atoms with Crippen molar-refractivity contribution in [3.05, 3.63) is 242 Å². The van der Waals surface area contributed by atoms with E-state index in [4.69, 9.17) is 24.1 Å². The number of rotatable bonds is 7. The van der Waals surface area contributed by atoms with Crippen molar-refractivity contribution in [3.63, 3.8) is 0 Å². The molecule has 9 aromatic carbocycles. The molecule has 2 aliphatic rings. The highest BCUT2D eigenvalue weighted by Gasteiger charge is 2.38. The molecule has 6 nitrogen and oxygen atoms in total. The van der Waals surface area contributed by atoms with Crippen molar-refractivity contribution >= 4 is 49.3 Å². The molecule has 0 saturated heterocycles. The summed E-state index contributed by atoms with van der Waals surface area (Å²) in [7, 11) is 0. The quantitative estimate of drug-likeness (QED) is 0.159. The Morgan fingerprint density at radius 2 is 1.00 bits per heavy atom. The number of nitrogens with zero attached hydrogens (tertiary/aromatic N) is 4. The average molecular weight is 885 g/mol. The molecule has 0 saturated carbocycles. The van der Waals surface area contributed by atoms with Crippen molar-refractivity contribution in [2.45, 2.75) is 12.0 Å². The van der Waals surface area contributed by atoms with Gasteiger partial charge in [-0.15, -0.1) is 0 Å². The maximum absolute atomic E-state index is 6.74. The van der Waals surface area contributed by atoms with Crippen LogP contribution in [0.5, 0.6) is 5.75 Å². The van der Waals surface area contributed by atoms with Gasteiger partial charge >= 0.3 is 0 Å². The molecule has 12 aromatic rings. The molecule has 0 amide bonds. The van der Waals surface area contributed by atoms with Gasteiger partial charge in [0.1, 0.15) is 28.8 Å². The molecule has 0 fully saturated rings. The lowest BCUT2D eigenvalue weighted by Gasteiger charge is -2.24. The van der Waals surface area contributed by atoms with E-state index in [1.165, 1.54) is 21.9 Å². The average Bonchev–Trinajstić information content (AvgIpc) is 4.10. The fourth-order valence-electron chi connectivity index (χ4n) is 10.6. The normalized spacial score (nSPS) is 15.1. The highest BCUT2D eigenvalue weighted by atomic mass is 16.5. The third kappa shape index (κ3) is 6.45. The monoisotopic (exact) mass is 884 g/mol. The van der Waals surface area contributed by atoms with Crippen LogP contribution < -0.4 is 4.74 Å². The minimum Gasteiger partial charge on any atom is -0.484 e. The van der Waals surface area contributed by atoms with Crippen molar-refractivity contribution in [1.82, 2.24) is 19.5 Å². The highest BCUT2D eigenvalue weighted by Crippen LogP contribution is 2.47. The van der Waals surface area contributed by atoms with E-state index in [0.717, 1.165) is 88.9 Å². The number of benzene rings is 9. The molecule has 0 spiro atoms. The number of ether oxygens (including phenoxy) is 1. The molecule has 6 heteroatoms. The first-order valence-corrected chi connectivity index (χ1v) is 23.4. The van der Waals surface area contributed by atoms with Crippen LogP contribution in [0.1, 0.15) is 17.3 Å². The lowest BCUT2D eigenvalue weighted by atomic mass is 9.88. The van der Waals surface area contributed by atoms with Gasteiger partial charge in [-0.05, 0) is 82.9 Å². The Kier molecular flexibility index (Phi) is 8.92. The summed E-state index contributed by atoms with van der Waals surface area (Å²) in [5, 5.41) is 4.43. The summed E-state index contributed by atoms with van der Waals surface area (Å²) >= 11 is 0. The Balaban J connectivity index is 1.03. The van der Waals surface area contributed by atoms with Crippen LogP contribution in [0.15, 0.2) is 235 Å². The second kappa shape index (κ2) is 15.8. The molecule has 2 unspecified atom stereocenters. The first-order chi connectivity index (χ1) is 34.2. The summed E-state index contributed by atoms with van der Waals surface area (Å²) in [6.45, 7) is 0. The molecule has 0 radical (unpaired) electrons. The molecule has 0 bridgehead atoms. The van der Waals surface area contributed by atoms with Crippen LogP contribution in [0.3, 0.4) is 0 Å². The van der Waals surface area contributed by atoms with Crippen molar-refractivity contribution in [2.75, 3.05) is 0 Å². The Hall–Kier alpha value is -9.13. The summed E-state index contributed by atoms with van der Waals surface area (Å²) in [4.78, 5) is 16.2. The fraction of sp³-hybridized carbons (Fsp3) is 0.0317. The third-order valence-electron chi connectivity index (χ3n) is 13.8. The second-order valence-electron chi connectivity index (χ2n) is 17.8. The van der Waals surface area contributed by atoms with Gasteiger partial charge in [-0.25, -0.2) is 15.0 Å². The van der Waals surface area contributed by atoms with E-state index >= 15 is 0 Å². The van der Waals surface area contributed by atoms with Crippen molar-refractivity contribution in [1.29, 1.82) is 0 Å². The van der Waals surface area contributed by atoms with Crippen molar-refractivity contribution in [2.24, 2.45) is 0 Å². The van der Waals surface area contributed by atoms with E-state index in [2.05, 4.69) is 199 Å². The van der Waals surface area contributed by atoms with Gasteiger partial charge in [-0.2, -0.15) is 0 Å². The standard InChI is InChI=1S/C63H40N4O2/c1-4-17-39(18-5-1)42-31-33-55-52(35-42)45-23-10-13-28-54(45)67(55)59-50(40-19-6-2-7-20-40)37-44(38-51(59)41-21-8-3-9-22-41)62-64-61(43-32-34-58-53(36-43)47-25-12-14-29-56(47)68-58)65-63(66-62)49-27-16-26-48-46-24-11-15-30-57(46)69-60(48)49/h1-38,49,60H. The maximum atomic E-state index is 6.74. The molecule has 1 aliphatic carbocycles. The van der Waals surface area contributed by atoms with Crippen LogP contribution in [0.4, 0.5) is 0 Å². The Bertz CT molecular complexity index is 4000. The third-order valence-corrected chi connectivity index (χ3v) is 13.8. The van der Waals surface area contributed by atoms with E-state index in [1.54, 1.807) is 0 Å². The summed E-state index contributed by atoms with van der Waals surface area (Å²) < 4.78 is 15.5. The molecule has 1 aliphatic heterocycles. The van der Waals surface area contributed by atoms with Gasteiger partial charge in [0.25, 0.3) is 0 Å². The lowest BCUT2D eigenvalue weighted by molar-refractivity contribution is 0.254. The van der Waals surface area contributed by atoms with Crippen LogP contribution in [0.25, 0.3) is 111 Å². The van der Waals surface area contributed by atoms with Gasteiger partial charge in [0.05, 0.1) is 22.6 Å². The van der Waals surface area contributed by atoms with Crippen molar-refractivity contribution in [3.8, 4) is 67.6 Å². The van der Waals surface area contributed by atoms with Crippen LogP contribution in [-0.4, -0.2) is 25.6 Å². The zero-order valence-corrected chi connectivity index (χ0v) is 37.2. The van der Waals surface area contributed by atoms with Gasteiger partial charge in [-0.3, -0.25) is 0 Å². The SMILES string of the molecule is C1=CC(c2nc(-c3cc(-c4ccccc4)c(-n4c5ccccc5c5cc(-c6ccccc6)ccc54)c(-c4ccccc4)c3)nc(-c3ccc4oc5ccccc5c4c3)n2)C2Oc3ccccc3C2=C1. The van der Waals surface area contributed by atoms with Crippen LogP contribution in [0, 0.1) is 0 Å². The Morgan fingerprint density at radius 3 is 1.77 bits per heavy atom. The molecule has 14 rings (SSSR count). The summed E-state index contributed by atoms with van der Waals surface area (Å²) in [6, 6.07) is 74.8.